The van der Waals surface area contributed by atoms with E-state index in [1.54, 1.807) is 14.2 Å². The van der Waals surface area contributed by atoms with Gasteiger partial charge < -0.3 is 19.7 Å². The molecule has 0 heterocycles. The molecule has 0 amide bonds. The zero-order valence-corrected chi connectivity index (χ0v) is 13.5. The summed E-state index contributed by atoms with van der Waals surface area (Å²) in [6.45, 7) is 6.96. The van der Waals surface area contributed by atoms with Crippen LogP contribution >= 0.6 is 12.2 Å². The van der Waals surface area contributed by atoms with Gasteiger partial charge in [-0.25, -0.2) is 0 Å². The summed E-state index contributed by atoms with van der Waals surface area (Å²) in [6.07, 6.45) is 0. The second kappa shape index (κ2) is 8.89. The maximum absolute atomic E-state index is 5.46. The van der Waals surface area contributed by atoms with Gasteiger partial charge in [-0.2, -0.15) is 0 Å². The Kier molecular flexibility index (Phi) is 7.51. The first-order valence-corrected chi connectivity index (χ1v) is 7.10. The lowest BCUT2D eigenvalue weighted by Gasteiger charge is -2.25. The van der Waals surface area contributed by atoms with Crippen LogP contribution in [0.5, 0.6) is 0 Å². The lowest BCUT2D eigenvalue weighted by molar-refractivity contribution is 0.147. The number of ether oxygens (including phenoxy) is 2. The molecule has 0 aliphatic rings. The smallest absolute Gasteiger partial charge is 0.173 e. The van der Waals surface area contributed by atoms with Crippen LogP contribution in [0.1, 0.15) is 11.1 Å². The van der Waals surface area contributed by atoms with Crippen LogP contribution in [-0.4, -0.2) is 50.5 Å². The van der Waals surface area contributed by atoms with Gasteiger partial charge >= 0.3 is 0 Å². The molecule has 20 heavy (non-hydrogen) atoms. The number of rotatable bonds is 7. The predicted octanol–water partition coefficient (Wildman–Crippen LogP) is 2.60. The third-order valence-electron chi connectivity index (χ3n) is 3.18. The van der Waals surface area contributed by atoms with E-state index in [0.29, 0.717) is 18.3 Å². The van der Waals surface area contributed by atoms with Gasteiger partial charge in [0.1, 0.15) is 0 Å². The summed E-state index contributed by atoms with van der Waals surface area (Å²) in [5.74, 6) is 0. The van der Waals surface area contributed by atoms with E-state index >= 15 is 0 Å². The van der Waals surface area contributed by atoms with Crippen molar-refractivity contribution in [3.63, 3.8) is 0 Å². The van der Waals surface area contributed by atoms with Gasteiger partial charge in [0.2, 0.25) is 0 Å². The second-order valence-electron chi connectivity index (χ2n) is 4.70. The SMILES string of the molecule is COCCN(CCOC)C(=S)Nc1ccc(C)c(C)c1. The van der Waals surface area contributed by atoms with Crippen LogP contribution in [0, 0.1) is 13.8 Å². The van der Waals surface area contributed by atoms with E-state index in [1.165, 1.54) is 11.1 Å². The monoisotopic (exact) mass is 296 g/mol. The Morgan fingerprint density at radius 2 is 1.70 bits per heavy atom. The van der Waals surface area contributed by atoms with Crippen molar-refractivity contribution in [2.75, 3.05) is 45.8 Å². The zero-order valence-electron chi connectivity index (χ0n) is 12.7. The number of thiocarbonyl (C=S) groups is 1. The van der Waals surface area contributed by atoms with Crippen LogP contribution in [0.2, 0.25) is 0 Å². The minimum atomic E-state index is 0.637. The van der Waals surface area contributed by atoms with E-state index in [1.807, 2.05) is 6.07 Å². The molecule has 0 aliphatic heterocycles. The Morgan fingerprint density at radius 3 is 2.20 bits per heavy atom. The van der Waals surface area contributed by atoms with Gasteiger partial charge in [-0.15, -0.1) is 0 Å². The van der Waals surface area contributed by atoms with E-state index < -0.39 is 0 Å². The van der Waals surface area contributed by atoms with Gasteiger partial charge in [-0.3, -0.25) is 0 Å². The normalized spacial score (nSPS) is 10.4. The number of methoxy groups -OCH3 is 2. The molecule has 112 valence electrons. The summed E-state index contributed by atoms with van der Waals surface area (Å²) in [5, 5.41) is 3.97. The van der Waals surface area contributed by atoms with Gasteiger partial charge in [0.05, 0.1) is 13.2 Å². The van der Waals surface area contributed by atoms with E-state index in [2.05, 4.69) is 36.2 Å². The molecule has 0 spiro atoms. The van der Waals surface area contributed by atoms with Crippen LogP contribution in [0.15, 0.2) is 18.2 Å². The average Bonchev–Trinajstić information content (AvgIpc) is 2.43. The van der Waals surface area contributed by atoms with E-state index in [9.17, 15) is 0 Å². The molecule has 0 saturated carbocycles. The predicted molar refractivity (Wildman–Crippen MR) is 87.5 cm³/mol. The van der Waals surface area contributed by atoms with Crippen molar-refractivity contribution in [1.82, 2.24) is 4.90 Å². The molecule has 0 aliphatic carbocycles. The number of hydrogen-bond donors (Lipinski definition) is 1. The highest BCUT2D eigenvalue weighted by Crippen LogP contribution is 2.14. The van der Waals surface area contributed by atoms with Crippen LogP contribution in [0.25, 0.3) is 0 Å². The number of hydrogen-bond acceptors (Lipinski definition) is 3. The highest BCUT2D eigenvalue weighted by Gasteiger charge is 2.09. The summed E-state index contributed by atoms with van der Waals surface area (Å²) in [7, 11) is 3.38. The fourth-order valence-corrected chi connectivity index (χ4v) is 2.04. The number of aryl methyl sites for hydroxylation is 2. The first kappa shape index (κ1) is 16.9. The van der Waals surface area contributed by atoms with E-state index in [-0.39, 0.29) is 0 Å². The molecule has 4 nitrogen and oxygen atoms in total. The molecule has 0 fully saturated rings. The summed E-state index contributed by atoms with van der Waals surface area (Å²) < 4.78 is 10.2. The highest BCUT2D eigenvalue weighted by atomic mass is 32.1. The van der Waals surface area contributed by atoms with Gasteiger partial charge in [0.25, 0.3) is 0 Å². The molecule has 0 bridgehead atoms. The zero-order chi connectivity index (χ0) is 15.0. The molecule has 0 saturated heterocycles. The van der Waals surface area contributed by atoms with Gasteiger partial charge in [-0.05, 0) is 49.3 Å². The molecular weight excluding hydrogens is 272 g/mol. The van der Waals surface area contributed by atoms with Crippen molar-refractivity contribution in [2.45, 2.75) is 13.8 Å². The Hall–Kier alpha value is -1.17. The lowest BCUT2D eigenvalue weighted by Crippen LogP contribution is -2.39. The van der Waals surface area contributed by atoms with Crippen molar-refractivity contribution in [1.29, 1.82) is 0 Å². The average molecular weight is 296 g/mol. The van der Waals surface area contributed by atoms with Crippen molar-refractivity contribution in [2.24, 2.45) is 0 Å². The third-order valence-corrected chi connectivity index (χ3v) is 3.54. The third kappa shape index (κ3) is 5.45. The number of nitrogens with one attached hydrogen (secondary N) is 1. The molecule has 0 unspecified atom stereocenters. The fourth-order valence-electron chi connectivity index (χ4n) is 1.74. The van der Waals surface area contributed by atoms with Crippen molar-refractivity contribution in [3.05, 3.63) is 29.3 Å². The maximum atomic E-state index is 5.46. The molecule has 0 atom stereocenters. The molecule has 1 aromatic carbocycles. The highest BCUT2D eigenvalue weighted by molar-refractivity contribution is 7.80. The largest absolute Gasteiger partial charge is 0.383 e. The standard InChI is InChI=1S/C15H24N2O2S/c1-12-5-6-14(11-13(12)2)16-15(20)17(7-9-18-3)8-10-19-4/h5-6,11H,7-10H2,1-4H3,(H,16,20). The Morgan fingerprint density at radius 1 is 1.10 bits per heavy atom. The van der Waals surface area contributed by atoms with Crippen LogP contribution in [0.4, 0.5) is 5.69 Å². The van der Waals surface area contributed by atoms with Crippen LogP contribution in [-0.2, 0) is 9.47 Å². The first-order valence-electron chi connectivity index (χ1n) is 6.69. The fraction of sp³-hybridized carbons (Fsp3) is 0.533. The molecule has 0 aromatic heterocycles. The minimum absolute atomic E-state index is 0.637. The maximum Gasteiger partial charge on any atom is 0.173 e. The van der Waals surface area contributed by atoms with Crippen molar-refractivity contribution < 1.29 is 9.47 Å². The molecule has 5 heteroatoms. The van der Waals surface area contributed by atoms with Gasteiger partial charge in [0.15, 0.2) is 5.11 Å². The minimum Gasteiger partial charge on any atom is -0.383 e. The number of nitrogens with zero attached hydrogens (tertiary/aromatic N) is 1. The van der Waals surface area contributed by atoms with Crippen LogP contribution in [0.3, 0.4) is 0 Å². The Labute approximate surface area is 127 Å². The number of anilines is 1. The number of benzene rings is 1. The lowest BCUT2D eigenvalue weighted by atomic mass is 10.1. The topological polar surface area (TPSA) is 33.7 Å². The van der Waals surface area contributed by atoms with Crippen LogP contribution < -0.4 is 5.32 Å². The van der Waals surface area contributed by atoms with E-state index in [0.717, 1.165) is 18.8 Å². The summed E-state index contributed by atoms with van der Waals surface area (Å²) >= 11 is 5.46. The Bertz CT molecular complexity index is 430. The summed E-state index contributed by atoms with van der Waals surface area (Å²) in [6, 6.07) is 6.24. The van der Waals surface area contributed by atoms with E-state index in [4.69, 9.17) is 21.7 Å². The quantitative estimate of drug-likeness (QED) is 0.782. The molecular formula is C15H24N2O2S. The summed E-state index contributed by atoms with van der Waals surface area (Å²) in [5.41, 5.74) is 3.54. The Balaban J connectivity index is 2.65. The van der Waals surface area contributed by atoms with Crippen molar-refractivity contribution >= 4 is 23.0 Å². The molecule has 1 aromatic rings. The summed E-state index contributed by atoms with van der Waals surface area (Å²) in [4.78, 5) is 2.05. The van der Waals surface area contributed by atoms with Gasteiger partial charge in [0, 0.05) is 33.0 Å². The molecule has 1 rings (SSSR count). The molecule has 1 N–H and O–H groups in total. The van der Waals surface area contributed by atoms with Gasteiger partial charge in [-0.1, -0.05) is 6.07 Å². The first-order chi connectivity index (χ1) is 9.58. The molecule has 0 radical (unpaired) electrons. The second-order valence-corrected chi connectivity index (χ2v) is 5.09. The van der Waals surface area contributed by atoms with Crippen molar-refractivity contribution in [3.8, 4) is 0 Å².